The van der Waals surface area contributed by atoms with Gasteiger partial charge in [-0.25, -0.2) is 45.3 Å². The maximum atomic E-state index is 14.2. The molecule has 194 valence electrons. The van der Waals surface area contributed by atoms with Crippen molar-refractivity contribution in [1.29, 1.82) is 0 Å². The van der Waals surface area contributed by atoms with E-state index in [1.54, 1.807) is 20.8 Å². The molecule has 2 N–H and O–H groups in total. The summed E-state index contributed by atoms with van der Waals surface area (Å²) in [4.78, 5) is 31.3. The van der Waals surface area contributed by atoms with E-state index >= 15 is 0 Å². The molecule has 0 aliphatic heterocycles. The van der Waals surface area contributed by atoms with Crippen LogP contribution in [0.3, 0.4) is 0 Å². The number of anilines is 1. The van der Waals surface area contributed by atoms with Crippen molar-refractivity contribution in [3.63, 3.8) is 0 Å². The van der Waals surface area contributed by atoms with Crippen LogP contribution in [-0.4, -0.2) is 59.9 Å². The van der Waals surface area contributed by atoms with Crippen LogP contribution >= 0.6 is 0 Å². The standard InChI is InChI=1S/C21H21F4N5O5S/c1-21(2,3)35-20(32)30-8-5-10-17(28-9-29-18(10)30)26-6-7-27-19(31)11-12(22)13(23)14(24)15(25)16(11)36(4,33)34/h5,8-9H,6-7H2,1-4H3,(H,27,31)(H,26,28,29). The number of carbonyl (C=O) groups is 2. The highest BCUT2D eigenvalue weighted by molar-refractivity contribution is 7.90. The maximum absolute atomic E-state index is 14.2. The van der Waals surface area contributed by atoms with E-state index < -0.39 is 61.2 Å². The third kappa shape index (κ3) is 5.40. The highest BCUT2D eigenvalue weighted by Gasteiger charge is 2.34. The summed E-state index contributed by atoms with van der Waals surface area (Å²) < 4.78 is 85.6. The number of halogens is 4. The SMILES string of the molecule is CC(C)(C)OC(=O)n1ccc2c(NCCNC(=O)c3c(F)c(F)c(F)c(F)c3S(C)(=O)=O)ncnc21. The molecule has 0 radical (unpaired) electrons. The number of hydrogen-bond donors (Lipinski definition) is 2. The van der Waals surface area contributed by atoms with Gasteiger partial charge >= 0.3 is 6.09 Å². The molecule has 0 atom stereocenters. The van der Waals surface area contributed by atoms with Gasteiger partial charge in [-0.1, -0.05) is 0 Å². The molecule has 1 amide bonds. The van der Waals surface area contributed by atoms with Crippen LogP contribution < -0.4 is 10.6 Å². The lowest BCUT2D eigenvalue weighted by Crippen LogP contribution is -2.32. The van der Waals surface area contributed by atoms with Crippen molar-refractivity contribution < 1.29 is 40.3 Å². The van der Waals surface area contributed by atoms with Crippen LogP contribution in [0.25, 0.3) is 11.0 Å². The van der Waals surface area contributed by atoms with Gasteiger partial charge in [-0.2, -0.15) is 0 Å². The average Bonchev–Trinajstić information content (AvgIpc) is 3.20. The summed E-state index contributed by atoms with van der Waals surface area (Å²) >= 11 is 0. The number of sulfone groups is 1. The van der Waals surface area contributed by atoms with Crippen LogP contribution in [0.2, 0.25) is 0 Å². The Kier molecular flexibility index (Phi) is 7.25. The molecule has 0 bridgehead atoms. The molecule has 10 nitrogen and oxygen atoms in total. The van der Waals surface area contributed by atoms with E-state index in [9.17, 15) is 35.6 Å². The third-order valence-electron chi connectivity index (χ3n) is 4.60. The average molecular weight is 531 g/mol. The number of benzene rings is 1. The largest absolute Gasteiger partial charge is 0.443 e. The number of hydrogen-bond acceptors (Lipinski definition) is 8. The summed E-state index contributed by atoms with van der Waals surface area (Å²) in [5.74, 6) is -10.2. The van der Waals surface area contributed by atoms with E-state index in [-0.39, 0.29) is 24.6 Å². The second-order valence-electron chi connectivity index (χ2n) is 8.54. The Morgan fingerprint density at radius 1 is 1.03 bits per heavy atom. The van der Waals surface area contributed by atoms with Gasteiger partial charge in [0.25, 0.3) is 5.91 Å². The lowest BCUT2D eigenvalue weighted by molar-refractivity contribution is 0.0543. The number of carbonyl (C=O) groups excluding carboxylic acids is 2. The molecular weight excluding hydrogens is 510 g/mol. The molecule has 3 aromatic rings. The van der Waals surface area contributed by atoms with Crippen LogP contribution in [0.5, 0.6) is 0 Å². The first-order valence-electron chi connectivity index (χ1n) is 10.3. The van der Waals surface area contributed by atoms with Gasteiger partial charge in [0.05, 0.1) is 10.9 Å². The number of fused-ring (bicyclic) bond motifs is 1. The van der Waals surface area contributed by atoms with Crippen molar-refractivity contribution in [3.05, 3.63) is 47.4 Å². The molecule has 0 aliphatic rings. The van der Waals surface area contributed by atoms with Crippen LogP contribution in [0.15, 0.2) is 23.5 Å². The molecule has 0 saturated carbocycles. The molecule has 0 unspecified atom stereocenters. The predicted octanol–water partition coefficient (Wildman–Crippen LogP) is 3.02. The minimum Gasteiger partial charge on any atom is -0.443 e. The van der Waals surface area contributed by atoms with E-state index in [0.717, 1.165) is 0 Å². The maximum Gasteiger partial charge on any atom is 0.420 e. The van der Waals surface area contributed by atoms with Gasteiger partial charge in [0.1, 0.15) is 22.6 Å². The lowest BCUT2D eigenvalue weighted by atomic mass is 10.1. The van der Waals surface area contributed by atoms with Crippen molar-refractivity contribution in [2.75, 3.05) is 24.7 Å². The molecule has 0 spiro atoms. The first-order chi connectivity index (χ1) is 16.6. The molecule has 0 aliphatic carbocycles. The first-order valence-corrected chi connectivity index (χ1v) is 12.2. The van der Waals surface area contributed by atoms with Crippen molar-refractivity contribution >= 4 is 38.7 Å². The van der Waals surface area contributed by atoms with E-state index in [1.807, 2.05) is 0 Å². The van der Waals surface area contributed by atoms with Crippen LogP contribution in [0, 0.1) is 23.3 Å². The van der Waals surface area contributed by atoms with Gasteiger partial charge in [0, 0.05) is 25.5 Å². The zero-order valence-corrected chi connectivity index (χ0v) is 20.3. The third-order valence-corrected chi connectivity index (χ3v) is 5.72. The van der Waals surface area contributed by atoms with E-state index in [2.05, 4.69) is 20.6 Å². The van der Waals surface area contributed by atoms with Gasteiger partial charge in [0.2, 0.25) is 0 Å². The monoisotopic (exact) mass is 531 g/mol. The highest BCUT2D eigenvalue weighted by atomic mass is 32.2. The molecule has 2 aromatic heterocycles. The number of aromatic nitrogens is 3. The number of nitrogens with one attached hydrogen (secondary N) is 2. The number of ether oxygens (including phenoxy) is 1. The second kappa shape index (κ2) is 9.72. The van der Waals surface area contributed by atoms with Crippen LogP contribution in [0.4, 0.5) is 28.2 Å². The van der Waals surface area contributed by atoms with Crippen molar-refractivity contribution in [3.8, 4) is 0 Å². The summed E-state index contributed by atoms with van der Waals surface area (Å²) in [6, 6.07) is 1.54. The minimum absolute atomic E-state index is 0.0720. The fourth-order valence-electron chi connectivity index (χ4n) is 3.16. The Morgan fingerprint density at radius 3 is 2.28 bits per heavy atom. The van der Waals surface area contributed by atoms with Gasteiger partial charge in [-0.15, -0.1) is 0 Å². The van der Waals surface area contributed by atoms with Crippen LogP contribution in [0.1, 0.15) is 31.1 Å². The molecule has 0 saturated heterocycles. The van der Waals surface area contributed by atoms with Gasteiger partial charge < -0.3 is 15.4 Å². The second-order valence-corrected chi connectivity index (χ2v) is 10.5. The van der Waals surface area contributed by atoms with Crippen LogP contribution in [-0.2, 0) is 14.6 Å². The zero-order chi connectivity index (χ0) is 27.0. The molecule has 15 heteroatoms. The number of rotatable bonds is 6. The fraction of sp³-hybridized carbons (Fsp3) is 0.333. The Hall–Kier alpha value is -3.75. The molecule has 3 rings (SSSR count). The van der Waals surface area contributed by atoms with Gasteiger partial charge in [-0.3, -0.25) is 4.79 Å². The smallest absolute Gasteiger partial charge is 0.420 e. The topological polar surface area (TPSA) is 132 Å². The fourth-order valence-corrected chi connectivity index (χ4v) is 4.13. The van der Waals surface area contributed by atoms with Gasteiger partial charge in [0.15, 0.2) is 38.8 Å². The quantitative estimate of drug-likeness (QED) is 0.163. The summed E-state index contributed by atoms with van der Waals surface area (Å²) in [5.41, 5.74) is -2.00. The van der Waals surface area contributed by atoms with Crippen molar-refractivity contribution in [2.24, 2.45) is 0 Å². The van der Waals surface area contributed by atoms with Crippen molar-refractivity contribution in [2.45, 2.75) is 31.3 Å². The molecule has 0 fully saturated rings. The summed E-state index contributed by atoms with van der Waals surface area (Å²) in [6.07, 6.45) is 2.34. The summed E-state index contributed by atoms with van der Waals surface area (Å²) in [7, 11) is -4.64. The summed E-state index contributed by atoms with van der Waals surface area (Å²) in [6.45, 7) is 4.74. The first kappa shape index (κ1) is 26.8. The molecule has 1 aromatic carbocycles. The molecule has 36 heavy (non-hydrogen) atoms. The summed E-state index contributed by atoms with van der Waals surface area (Å²) in [5, 5.41) is 5.36. The molecule has 2 heterocycles. The Balaban J connectivity index is 1.76. The lowest BCUT2D eigenvalue weighted by Gasteiger charge is -2.19. The minimum atomic E-state index is -4.64. The van der Waals surface area contributed by atoms with Gasteiger partial charge in [-0.05, 0) is 26.8 Å². The predicted molar refractivity (Wildman–Crippen MR) is 119 cm³/mol. The van der Waals surface area contributed by atoms with E-state index in [1.165, 1.54) is 23.2 Å². The Morgan fingerprint density at radius 2 is 1.67 bits per heavy atom. The number of nitrogens with zero attached hydrogens (tertiary/aromatic N) is 3. The Bertz CT molecular complexity index is 1470. The van der Waals surface area contributed by atoms with E-state index in [0.29, 0.717) is 11.6 Å². The highest BCUT2D eigenvalue weighted by Crippen LogP contribution is 2.28. The molecular formula is C21H21F4N5O5S. The Labute approximate surface area is 202 Å². The zero-order valence-electron chi connectivity index (χ0n) is 19.4. The normalized spacial score (nSPS) is 12.0. The van der Waals surface area contributed by atoms with Crippen molar-refractivity contribution in [1.82, 2.24) is 19.9 Å². The van der Waals surface area contributed by atoms with E-state index in [4.69, 9.17) is 4.74 Å². The number of amides is 1.